The zero-order valence-electron chi connectivity index (χ0n) is 18.8. The van der Waals surface area contributed by atoms with Gasteiger partial charge in [-0.05, 0) is 93.8 Å². The highest BCUT2D eigenvalue weighted by Gasteiger charge is 2.35. The van der Waals surface area contributed by atoms with Crippen LogP contribution in [0, 0.1) is 35.5 Å². The van der Waals surface area contributed by atoms with Crippen molar-refractivity contribution >= 4 is 13.8 Å². The van der Waals surface area contributed by atoms with Crippen LogP contribution in [0.3, 0.4) is 0 Å². The van der Waals surface area contributed by atoms with Gasteiger partial charge in [-0.15, -0.1) is 0 Å². The molecule has 4 saturated carbocycles. The molecule has 4 rings (SSSR count). The fraction of sp³-hybridized carbons (Fsp3) is 0.962. The highest BCUT2D eigenvalue weighted by molar-refractivity contribution is 6.11. The summed E-state index contributed by atoms with van der Waals surface area (Å²) in [6.45, 7) is 2.40. The summed E-state index contributed by atoms with van der Waals surface area (Å²) in [6, 6.07) is 0. The molecule has 0 atom stereocenters. The zero-order chi connectivity index (χ0) is 20.2. The second kappa shape index (κ2) is 10.2. The van der Waals surface area contributed by atoms with Crippen LogP contribution in [0.2, 0.25) is 5.82 Å². The van der Waals surface area contributed by atoms with E-state index in [0.717, 1.165) is 55.3 Å². The predicted molar refractivity (Wildman–Crippen MR) is 120 cm³/mol. The number of hydrogen-bond acceptors (Lipinski definition) is 2. The fourth-order valence-electron chi connectivity index (χ4n) is 7.14. The van der Waals surface area contributed by atoms with Crippen molar-refractivity contribution in [2.45, 2.75) is 122 Å². The maximum atomic E-state index is 12.8. The Bertz CT molecular complexity index is 503. The second-order valence-corrected chi connectivity index (χ2v) is 11.3. The lowest BCUT2D eigenvalue weighted by atomic mass is 9.66. The number of hydrogen-bond donors (Lipinski definition) is 0. The third-order valence-electron chi connectivity index (χ3n) is 9.32. The smallest absolute Gasteiger partial charge is 0.309 e. The molecule has 0 amide bonds. The molecule has 29 heavy (non-hydrogen) atoms. The first kappa shape index (κ1) is 21.8. The van der Waals surface area contributed by atoms with Gasteiger partial charge < -0.3 is 4.74 Å². The summed E-state index contributed by atoms with van der Waals surface area (Å²) in [5.41, 5.74) is 0. The van der Waals surface area contributed by atoms with Crippen LogP contribution in [0.15, 0.2) is 0 Å². The van der Waals surface area contributed by atoms with Gasteiger partial charge in [0.2, 0.25) is 0 Å². The highest BCUT2D eigenvalue weighted by Crippen LogP contribution is 2.43. The summed E-state index contributed by atoms with van der Waals surface area (Å²) in [6.07, 6.45) is 20.3. The molecule has 3 heteroatoms. The molecule has 0 bridgehead atoms. The Morgan fingerprint density at radius 1 is 0.621 bits per heavy atom. The molecule has 0 heterocycles. The quantitative estimate of drug-likeness (QED) is 0.382. The van der Waals surface area contributed by atoms with Gasteiger partial charge in [0.05, 0.1) is 13.8 Å². The molecule has 0 aromatic rings. The summed E-state index contributed by atoms with van der Waals surface area (Å²) in [4.78, 5) is 12.8. The van der Waals surface area contributed by atoms with Gasteiger partial charge in [-0.3, -0.25) is 4.79 Å². The Kier molecular flexibility index (Phi) is 7.67. The number of rotatable bonds is 4. The largest absolute Gasteiger partial charge is 0.462 e. The summed E-state index contributed by atoms with van der Waals surface area (Å²) in [7, 11) is 6.07. The molecular weight excluding hydrogens is 355 g/mol. The van der Waals surface area contributed by atoms with Crippen molar-refractivity contribution in [2.24, 2.45) is 35.5 Å². The lowest BCUT2D eigenvalue weighted by Crippen LogP contribution is -2.33. The van der Waals surface area contributed by atoms with Crippen LogP contribution in [0.1, 0.15) is 110 Å². The minimum Gasteiger partial charge on any atom is -0.462 e. The van der Waals surface area contributed by atoms with Crippen molar-refractivity contribution in [1.29, 1.82) is 0 Å². The zero-order valence-corrected chi connectivity index (χ0v) is 18.8. The maximum Gasteiger partial charge on any atom is 0.309 e. The van der Waals surface area contributed by atoms with Gasteiger partial charge in [0, 0.05) is 0 Å². The van der Waals surface area contributed by atoms with Gasteiger partial charge >= 0.3 is 5.97 Å². The standard InChI is InChI=1S/C26H43BO2/c1-18-2-4-19(5-3-18)20-6-8-23(9-7-20)26(28)29-25-16-12-22(13-17-25)21-10-14-24(27)15-11-21/h18-25H,2-17H2,1H3. The van der Waals surface area contributed by atoms with Gasteiger partial charge in [0.25, 0.3) is 0 Å². The first-order valence-corrected chi connectivity index (χ1v) is 13.0. The minimum atomic E-state index is 0.132. The molecule has 0 spiro atoms. The molecule has 4 fully saturated rings. The second-order valence-electron chi connectivity index (χ2n) is 11.3. The van der Waals surface area contributed by atoms with Crippen molar-refractivity contribution < 1.29 is 9.53 Å². The summed E-state index contributed by atoms with van der Waals surface area (Å²) in [5.74, 6) is 5.25. The molecule has 2 nitrogen and oxygen atoms in total. The molecule has 0 unspecified atom stereocenters. The first-order chi connectivity index (χ1) is 14.1. The number of esters is 1. The Morgan fingerprint density at radius 3 is 1.55 bits per heavy atom. The third kappa shape index (κ3) is 5.82. The van der Waals surface area contributed by atoms with Crippen LogP contribution in [0.4, 0.5) is 0 Å². The van der Waals surface area contributed by atoms with Gasteiger partial charge in [-0.25, -0.2) is 0 Å². The van der Waals surface area contributed by atoms with E-state index >= 15 is 0 Å². The van der Waals surface area contributed by atoms with Crippen molar-refractivity contribution in [3.05, 3.63) is 0 Å². The Morgan fingerprint density at radius 2 is 1.03 bits per heavy atom. The Hall–Kier alpha value is -0.465. The van der Waals surface area contributed by atoms with Crippen molar-refractivity contribution in [1.82, 2.24) is 0 Å². The van der Waals surface area contributed by atoms with E-state index in [0.29, 0.717) is 5.82 Å². The van der Waals surface area contributed by atoms with Crippen LogP contribution < -0.4 is 0 Å². The molecule has 4 aliphatic rings. The average Bonchev–Trinajstić information content (AvgIpc) is 2.76. The summed E-state index contributed by atoms with van der Waals surface area (Å²) < 4.78 is 6.02. The van der Waals surface area contributed by atoms with E-state index in [1.807, 2.05) is 0 Å². The van der Waals surface area contributed by atoms with Crippen LogP contribution >= 0.6 is 0 Å². The van der Waals surface area contributed by atoms with Gasteiger partial charge in [0.1, 0.15) is 6.10 Å². The predicted octanol–water partition coefficient (Wildman–Crippen LogP) is 6.87. The van der Waals surface area contributed by atoms with Gasteiger partial charge in [-0.1, -0.05) is 51.3 Å². The third-order valence-corrected chi connectivity index (χ3v) is 9.32. The van der Waals surface area contributed by atoms with E-state index in [9.17, 15) is 4.79 Å². The highest BCUT2D eigenvalue weighted by atomic mass is 16.5. The molecule has 162 valence electrons. The lowest BCUT2D eigenvalue weighted by molar-refractivity contribution is -0.158. The van der Waals surface area contributed by atoms with E-state index in [2.05, 4.69) is 6.92 Å². The van der Waals surface area contributed by atoms with E-state index in [-0.39, 0.29) is 18.0 Å². The molecule has 0 aliphatic heterocycles. The van der Waals surface area contributed by atoms with Crippen LogP contribution in [0.5, 0.6) is 0 Å². The van der Waals surface area contributed by atoms with E-state index in [1.165, 1.54) is 77.0 Å². The SMILES string of the molecule is [B]C1CCC(C2CCC(OC(=O)C3CCC(C4CCC(C)CC4)CC3)CC2)CC1. The molecule has 0 aromatic heterocycles. The molecule has 0 N–H and O–H groups in total. The Balaban J connectivity index is 1.14. The number of carbonyl (C=O) groups excluding carboxylic acids is 1. The maximum absolute atomic E-state index is 12.8. The fourth-order valence-corrected chi connectivity index (χ4v) is 7.14. The van der Waals surface area contributed by atoms with Crippen LogP contribution in [-0.2, 0) is 9.53 Å². The van der Waals surface area contributed by atoms with Crippen LogP contribution in [-0.4, -0.2) is 19.9 Å². The molecular formula is C26H43BO2. The monoisotopic (exact) mass is 398 g/mol. The topological polar surface area (TPSA) is 26.3 Å². The van der Waals surface area contributed by atoms with Crippen LogP contribution in [0.25, 0.3) is 0 Å². The molecule has 2 radical (unpaired) electrons. The van der Waals surface area contributed by atoms with Crippen molar-refractivity contribution in [2.75, 3.05) is 0 Å². The van der Waals surface area contributed by atoms with Crippen molar-refractivity contribution in [3.63, 3.8) is 0 Å². The average molecular weight is 398 g/mol. The van der Waals surface area contributed by atoms with E-state index < -0.39 is 0 Å². The van der Waals surface area contributed by atoms with E-state index in [1.54, 1.807) is 0 Å². The normalized spacial score (nSPS) is 44.2. The summed E-state index contributed by atoms with van der Waals surface area (Å²) in [5, 5.41) is 0. The van der Waals surface area contributed by atoms with E-state index in [4.69, 9.17) is 12.6 Å². The van der Waals surface area contributed by atoms with Crippen molar-refractivity contribution in [3.8, 4) is 0 Å². The summed E-state index contributed by atoms with van der Waals surface area (Å²) >= 11 is 0. The number of carbonyl (C=O) groups is 1. The molecule has 0 aromatic carbocycles. The first-order valence-electron chi connectivity index (χ1n) is 13.0. The van der Waals surface area contributed by atoms with Gasteiger partial charge in [0.15, 0.2) is 0 Å². The Labute approximate surface area is 180 Å². The molecule has 0 saturated heterocycles. The number of ether oxygens (including phenoxy) is 1. The lowest BCUT2D eigenvalue weighted by Gasteiger charge is -2.38. The minimum absolute atomic E-state index is 0.132. The molecule has 4 aliphatic carbocycles. The van der Waals surface area contributed by atoms with Gasteiger partial charge in [-0.2, -0.15) is 0 Å².